The van der Waals surface area contributed by atoms with Crippen molar-refractivity contribution in [3.63, 3.8) is 0 Å². The molecule has 1 aliphatic rings. The number of hydrogen-bond donors (Lipinski definition) is 1. The average molecular weight is 251 g/mol. The quantitative estimate of drug-likeness (QED) is 0.718. The Morgan fingerprint density at radius 2 is 2.28 bits per heavy atom. The fourth-order valence-corrected chi connectivity index (χ4v) is 1.88. The van der Waals surface area contributed by atoms with E-state index in [1.807, 2.05) is 4.68 Å². The Balaban J connectivity index is 1.65. The van der Waals surface area contributed by atoms with Crippen molar-refractivity contribution < 1.29 is 0 Å². The summed E-state index contributed by atoms with van der Waals surface area (Å²) in [4.78, 5) is 2.35. The molecule has 0 amide bonds. The van der Waals surface area contributed by atoms with Crippen molar-refractivity contribution in [2.75, 3.05) is 20.1 Å². The van der Waals surface area contributed by atoms with Crippen LogP contribution < -0.4 is 5.32 Å². The zero-order valence-corrected chi connectivity index (χ0v) is 11.6. The zero-order chi connectivity index (χ0) is 12.8. The second-order valence-electron chi connectivity index (χ2n) is 5.28. The fourth-order valence-electron chi connectivity index (χ4n) is 1.88. The number of aromatic nitrogens is 3. The third-order valence-corrected chi connectivity index (χ3v) is 3.34. The summed E-state index contributed by atoms with van der Waals surface area (Å²) in [6, 6.07) is 0.732. The summed E-state index contributed by atoms with van der Waals surface area (Å²) in [5, 5.41) is 11.8. The van der Waals surface area contributed by atoms with E-state index in [2.05, 4.69) is 40.7 Å². The van der Waals surface area contributed by atoms with Gasteiger partial charge in [-0.05, 0) is 32.9 Å². The van der Waals surface area contributed by atoms with Crippen molar-refractivity contribution in [1.82, 2.24) is 25.2 Å². The second kappa shape index (κ2) is 6.85. The van der Waals surface area contributed by atoms with E-state index < -0.39 is 0 Å². The lowest BCUT2D eigenvalue weighted by molar-refractivity contribution is 0.306. The fraction of sp³-hybridized carbons (Fsp3) is 0.846. The number of hydrogen-bond acceptors (Lipinski definition) is 4. The maximum atomic E-state index is 4.19. The molecule has 1 fully saturated rings. The van der Waals surface area contributed by atoms with Crippen LogP contribution in [0, 0.1) is 0 Å². The van der Waals surface area contributed by atoms with Crippen LogP contribution >= 0.6 is 0 Å². The number of rotatable bonds is 9. The van der Waals surface area contributed by atoms with Crippen molar-refractivity contribution >= 4 is 0 Å². The maximum absolute atomic E-state index is 4.19. The predicted molar refractivity (Wildman–Crippen MR) is 72.3 cm³/mol. The van der Waals surface area contributed by atoms with Gasteiger partial charge >= 0.3 is 0 Å². The van der Waals surface area contributed by atoms with Crippen LogP contribution in [-0.4, -0.2) is 46.1 Å². The predicted octanol–water partition coefficient (Wildman–Crippen LogP) is 1.26. The number of nitrogens with one attached hydrogen (secondary N) is 1. The summed E-state index contributed by atoms with van der Waals surface area (Å²) in [6.07, 6.45) is 7.21. The van der Waals surface area contributed by atoms with Crippen molar-refractivity contribution in [2.45, 2.75) is 51.7 Å². The average Bonchev–Trinajstić information content (AvgIpc) is 3.10. The highest BCUT2D eigenvalue weighted by Crippen LogP contribution is 2.18. The van der Waals surface area contributed by atoms with Crippen LogP contribution in [-0.2, 0) is 13.1 Å². The van der Waals surface area contributed by atoms with Gasteiger partial charge in [-0.15, -0.1) is 5.10 Å². The van der Waals surface area contributed by atoms with Crippen LogP contribution in [0.4, 0.5) is 0 Å². The lowest BCUT2D eigenvalue weighted by atomic mass is 10.3. The van der Waals surface area contributed by atoms with Crippen molar-refractivity contribution in [3.8, 4) is 0 Å². The molecule has 0 radical (unpaired) electrons. The van der Waals surface area contributed by atoms with E-state index in [0.29, 0.717) is 0 Å². The van der Waals surface area contributed by atoms with Gasteiger partial charge in [0.1, 0.15) is 0 Å². The molecule has 0 atom stereocenters. The molecule has 1 heterocycles. The second-order valence-corrected chi connectivity index (χ2v) is 5.28. The standard InChI is InChI=1S/C13H25N5/c1-3-4-7-17(2)8-9-18-11-13(15-16-18)10-14-12-5-6-12/h11-12,14H,3-10H2,1-2H3. The Kier molecular flexibility index (Phi) is 5.13. The van der Waals surface area contributed by atoms with Gasteiger partial charge in [-0.1, -0.05) is 18.6 Å². The van der Waals surface area contributed by atoms with Gasteiger partial charge in [0.15, 0.2) is 0 Å². The molecule has 0 aromatic carbocycles. The first kappa shape index (κ1) is 13.5. The molecular formula is C13H25N5. The SMILES string of the molecule is CCCCN(C)CCn1cc(CNC2CC2)nn1. The summed E-state index contributed by atoms with van der Waals surface area (Å²) in [7, 11) is 2.17. The summed E-state index contributed by atoms with van der Waals surface area (Å²) >= 11 is 0. The Hall–Kier alpha value is -0.940. The molecule has 5 heteroatoms. The molecule has 2 rings (SSSR count). The van der Waals surface area contributed by atoms with Gasteiger partial charge in [-0.2, -0.15) is 0 Å². The summed E-state index contributed by atoms with van der Waals surface area (Å²) in [5.74, 6) is 0. The Bertz CT molecular complexity index is 345. The van der Waals surface area contributed by atoms with Gasteiger partial charge in [0.2, 0.25) is 0 Å². The number of unbranched alkanes of at least 4 members (excludes halogenated alkanes) is 1. The van der Waals surface area contributed by atoms with Gasteiger partial charge in [0.05, 0.1) is 12.2 Å². The Morgan fingerprint density at radius 3 is 3.00 bits per heavy atom. The minimum Gasteiger partial charge on any atom is -0.308 e. The van der Waals surface area contributed by atoms with E-state index in [4.69, 9.17) is 0 Å². The van der Waals surface area contributed by atoms with Gasteiger partial charge in [-0.25, -0.2) is 0 Å². The van der Waals surface area contributed by atoms with E-state index in [1.165, 1.54) is 32.2 Å². The third-order valence-electron chi connectivity index (χ3n) is 3.34. The van der Waals surface area contributed by atoms with E-state index in [-0.39, 0.29) is 0 Å². The van der Waals surface area contributed by atoms with Gasteiger partial charge in [-0.3, -0.25) is 4.68 Å². The molecule has 0 aliphatic heterocycles. The number of nitrogens with zero attached hydrogens (tertiary/aromatic N) is 4. The molecule has 1 aromatic heterocycles. The van der Waals surface area contributed by atoms with Gasteiger partial charge in [0, 0.05) is 25.3 Å². The summed E-state index contributed by atoms with van der Waals surface area (Å²) in [5.41, 5.74) is 1.05. The van der Waals surface area contributed by atoms with Crippen molar-refractivity contribution in [3.05, 3.63) is 11.9 Å². The van der Waals surface area contributed by atoms with Crippen LogP contribution in [0.5, 0.6) is 0 Å². The molecule has 18 heavy (non-hydrogen) atoms. The van der Waals surface area contributed by atoms with Crippen molar-refractivity contribution in [2.24, 2.45) is 0 Å². The molecule has 1 aliphatic carbocycles. The molecule has 0 spiro atoms. The number of likely N-dealkylation sites (N-methyl/N-ethyl adjacent to an activating group) is 1. The molecule has 0 saturated heterocycles. The van der Waals surface area contributed by atoms with Crippen LogP contribution in [0.2, 0.25) is 0 Å². The smallest absolute Gasteiger partial charge is 0.0964 e. The highest BCUT2D eigenvalue weighted by molar-refractivity contribution is 4.94. The Morgan fingerprint density at radius 1 is 1.44 bits per heavy atom. The lowest BCUT2D eigenvalue weighted by Gasteiger charge is -2.15. The van der Waals surface area contributed by atoms with Crippen LogP contribution in [0.3, 0.4) is 0 Å². The monoisotopic (exact) mass is 251 g/mol. The topological polar surface area (TPSA) is 46.0 Å². The zero-order valence-electron chi connectivity index (χ0n) is 11.6. The van der Waals surface area contributed by atoms with Crippen LogP contribution in [0.15, 0.2) is 6.20 Å². The molecule has 1 aromatic rings. The molecule has 1 saturated carbocycles. The van der Waals surface area contributed by atoms with Crippen LogP contribution in [0.1, 0.15) is 38.3 Å². The van der Waals surface area contributed by atoms with E-state index in [9.17, 15) is 0 Å². The summed E-state index contributed by atoms with van der Waals surface area (Å²) in [6.45, 7) is 6.22. The van der Waals surface area contributed by atoms with E-state index in [1.54, 1.807) is 0 Å². The molecule has 1 N–H and O–H groups in total. The van der Waals surface area contributed by atoms with Gasteiger partial charge < -0.3 is 10.2 Å². The highest BCUT2D eigenvalue weighted by atomic mass is 15.4. The normalized spacial score (nSPS) is 15.5. The third kappa shape index (κ3) is 4.74. The summed E-state index contributed by atoms with van der Waals surface area (Å²) < 4.78 is 1.95. The first-order valence-corrected chi connectivity index (χ1v) is 7.09. The first-order chi connectivity index (χ1) is 8.78. The molecule has 0 bridgehead atoms. The molecule has 0 unspecified atom stereocenters. The Labute approximate surface area is 110 Å². The minimum atomic E-state index is 0.732. The minimum absolute atomic E-state index is 0.732. The molecule has 5 nitrogen and oxygen atoms in total. The van der Waals surface area contributed by atoms with E-state index in [0.717, 1.165) is 31.4 Å². The lowest BCUT2D eigenvalue weighted by Crippen LogP contribution is -2.24. The van der Waals surface area contributed by atoms with Gasteiger partial charge in [0.25, 0.3) is 0 Å². The van der Waals surface area contributed by atoms with Crippen LogP contribution in [0.25, 0.3) is 0 Å². The highest BCUT2D eigenvalue weighted by Gasteiger charge is 2.20. The maximum Gasteiger partial charge on any atom is 0.0964 e. The van der Waals surface area contributed by atoms with E-state index >= 15 is 0 Å². The molecule has 102 valence electrons. The molecular weight excluding hydrogens is 226 g/mol. The first-order valence-electron chi connectivity index (χ1n) is 7.09. The largest absolute Gasteiger partial charge is 0.308 e. The van der Waals surface area contributed by atoms with Crippen molar-refractivity contribution in [1.29, 1.82) is 0 Å².